The van der Waals surface area contributed by atoms with Crippen LogP contribution in [0.3, 0.4) is 0 Å². The molecule has 1 aliphatic heterocycles. The smallest absolute Gasteiger partial charge is 0.229 e. The van der Waals surface area contributed by atoms with Crippen LogP contribution in [0, 0.1) is 11.8 Å². The summed E-state index contributed by atoms with van der Waals surface area (Å²) in [4.78, 5) is 30.5. The molecule has 6 heteroatoms. The number of hydrogen-bond acceptors (Lipinski definition) is 4. The standard InChI is InChI=1S/C16H17N3O2S/c20-15-5-11(8-19(15)7-10-1-2-10)16(21)18-12-3-4-14-13(6-12)17-9-22-14/h3-4,6,9-11H,1-2,5,7-8H2,(H,18,21)/t11-/m0/s1. The Morgan fingerprint density at radius 3 is 3.09 bits per heavy atom. The molecule has 22 heavy (non-hydrogen) atoms. The van der Waals surface area contributed by atoms with Crippen molar-refractivity contribution in [3.63, 3.8) is 0 Å². The molecule has 5 nitrogen and oxygen atoms in total. The molecule has 2 heterocycles. The molecule has 1 aliphatic carbocycles. The number of amides is 2. The summed E-state index contributed by atoms with van der Waals surface area (Å²) in [5, 5.41) is 2.92. The van der Waals surface area contributed by atoms with Crippen LogP contribution in [0.25, 0.3) is 10.2 Å². The van der Waals surface area contributed by atoms with Gasteiger partial charge in [-0.15, -0.1) is 11.3 Å². The molecule has 1 saturated heterocycles. The number of anilines is 1. The molecule has 1 N–H and O–H groups in total. The highest BCUT2D eigenvalue weighted by molar-refractivity contribution is 7.16. The van der Waals surface area contributed by atoms with Gasteiger partial charge in [0.15, 0.2) is 0 Å². The Morgan fingerprint density at radius 1 is 1.41 bits per heavy atom. The first-order chi connectivity index (χ1) is 10.7. The highest BCUT2D eigenvalue weighted by Crippen LogP contribution is 2.32. The van der Waals surface area contributed by atoms with Crippen molar-refractivity contribution in [2.75, 3.05) is 18.4 Å². The molecule has 0 spiro atoms. The van der Waals surface area contributed by atoms with E-state index < -0.39 is 0 Å². The highest BCUT2D eigenvalue weighted by Gasteiger charge is 2.37. The van der Waals surface area contributed by atoms with E-state index in [1.165, 1.54) is 12.8 Å². The van der Waals surface area contributed by atoms with Crippen molar-refractivity contribution in [3.8, 4) is 0 Å². The lowest BCUT2D eigenvalue weighted by molar-refractivity contribution is -0.128. The number of aromatic nitrogens is 1. The number of thiazole rings is 1. The van der Waals surface area contributed by atoms with Crippen molar-refractivity contribution in [2.45, 2.75) is 19.3 Å². The van der Waals surface area contributed by atoms with E-state index in [0.29, 0.717) is 18.9 Å². The van der Waals surface area contributed by atoms with E-state index in [9.17, 15) is 9.59 Å². The van der Waals surface area contributed by atoms with Crippen molar-refractivity contribution in [1.82, 2.24) is 9.88 Å². The van der Waals surface area contributed by atoms with Crippen LogP contribution in [-0.4, -0.2) is 34.8 Å². The van der Waals surface area contributed by atoms with E-state index in [-0.39, 0.29) is 17.7 Å². The molecule has 1 atom stereocenters. The minimum Gasteiger partial charge on any atom is -0.342 e. The van der Waals surface area contributed by atoms with Crippen LogP contribution < -0.4 is 5.32 Å². The summed E-state index contributed by atoms with van der Waals surface area (Å²) in [6, 6.07) is 5.72. The maximum atomic E-state index is 12.4. The third-order valence-electron chi connectivity index (χ3n) is 4.36. The van der Waals surface area contributed by atoms with Crippen LogP contribution in [0.2, 0.25) is 0 Å². The predicted molar refractivity (Wildman–Crippen MR) is 85.7 cm³/mol. The molecule has 0 bridgehead atoms. The number of carbonyl (C=O) groups excluding carboxylic acids is 2. The molecule has 0 unspecified atom stereocenters. The topological polar surface area (TPSA) is 62.3 Å². The molecule has 1 aromatic carbocycles. The Kier molecular flexibility index (Phi) is 3.33. The van der Waals surface area contributed by atoms with Gasteiger partial charge in [-0.25, -0.2) is 4.98 Å². The molecule has 1 aromatic heterocycles. The number of hydrogen-bond donors (Lipinski definition) is 1. The molecule has 2 aliphatic rings. The van der Waals surface area contributed by atoms with Gasteiger partial charge < -0.3 is 10.2 Å². The number of likely N-dealkylation sites (tertiary alicyclic amines) is 1. The van der Waals surface area contributed by atoms with E-state index in [4.69, 9.17) is 0 Å². The number of nitrogens with zero attached hydrogens (tertiary/aromatic N) is 2. The highest BCUT2D eigenvalue weighted by atomic mass is 32.1. The lowest BCUT2D eigenvalue weighted by atomic mass is 10.1. The number of fused-ring (bicyclic) bond motifs is 1. The van der Waals surface area contributed by atoms with Gasteiger partial charge in [0, 0.05) is 25.2 Å². The summed E-state index contributed by atoms with van der Waals surface area (Å²) < 4.78 is 1.10. The fourth-order valence-corrected chi connectivity index (χ4v) is 3.58. The monoisotopic (exact) mass is 315 g/mol. The first-order valence-electron chi connectivity index (χ1n) is 7.61. The van der Waals surface area contributed by atoms with E-state index >= 15 is 0 Å². The number of benzene rings is 1. The second-order valence-corrected chi connectivity index (χ2v) is 7.05. The van der Waals surface area contributed by atoms with Gasteiger partial charge in [0.05, 0.1) is 21.6 Å². The molecule has 2 aromatic rings. The molecule has 2 fully saturated rings. The number of nitrogens with one attached hydrogen (secondary N) is 1. The van der Waals surface area contributed by atoms with Crippen molar-refractivity contribution in [3.05, 3.63) is 23.7 Å². The minimum atomic E-state index is -0.239. The molecular formula is C16H17N3O2S. The van der Waals surface area contributed by atoms with Crippen molar-refractivity contribution < 1.29 is 9.59 Å². The summed E-state index contributed by atoms with van der Waals surface area (Å²) in [6.45, 7) is 1.38. The molecular weight excluding hydrogens is 298 g/mol. The Labute approximate surface area is 132 Å². The molecule has 1 saturated carbocycles. The number of carbonyl (C=O) groups is 2. The molecule has 4 rings (SSSR count). The van der Waals surface area contributed by atoms with Gasteiger partial charge in [0.1, 0.15) is 0 Å². The normalized spacial score (nSPS) is 21.5. The van der Waals surface area contributed by atoms with E-state index in [1.54, 1.807) is 16.8 Å². The van der Waals surface area contributed by atoms with E-state index in [0.717, 1.165) is 22.4 Å². The summed E-state index contributed by atoms with van der Waals surface area (Å²) in [5.74, 6) is 0.471. The first kappa shape index (κ1) is 13.7. The van der Waals surface area contributed by atoms with Gasteiger partial charge in [-0.3, -0.25) is 9.59 Å². The largest absolute Gasteiger partial charge is 0.342 e. The van der Waals surface area contributed by atoms with Gasteiger partial charge in [-0.2, -0.15) is 0 Å². The zero-order valence-corrected chi connectivity index (χ0v) is 12.9. The molecule has 2 amide bonds. The van der Waals surface area contributed by atoms with Crippen LogP contribution in [0.4, 0.5) is 5.69 Å². The van der Waals surface area contributed by atoms with Gasteiger partial charge in [-0.1, -0.05) is 0 Å². The maximum Gasteiger partial charge on any atom is 0.229 e. The second-order valence-electron chi connectivity index (χ2n) is 6.17. The Hall–Kier alpha value is -1.95. The lowest BCUT2D eigenvalue weighted by Crippen LogP contribution is -2.29. The third kappa shape index (κ3) is 2.70. The summed E-state index contributed by atoms with van der Waals surface area (Å²) in [5.41, 5.74) is 3.43. The molecule has 114 valence electrons. The van der Waals surface area contributed by atoms with Crippen molar-refractivity contribution >= 4 is 39.1 Å². The fraction of sp³-hybridized carbons (Fsp3) is 0.438. The van der Waals surface area contributed by atoms with Gasteiger partial charge >= 0.3 is 0 Å². The lowest BCUT2D eigenvalue weighted by Gasteiger charge is -2.16. The average molecular weight is 315 g/mol. The zero-order chi connectivity index (χ0) is 15.1. The Balaban J connectivity index is 1.42. The van der Waals surface area contributed by atoms with E-state index in [2.05, 4.69) is 10.3 Å². The minimum absolute atomic E-state index is 0.0683. The predicted octanol–water partition coefficient (Wildman–Crippen LogP) is 2.49. The van der Waals surface area contributed by atoms with Gasteiger partial charge in [-0.05, 0) is 37.0 Å². The molecule has 0 radical (unpaired) electrons. The third-order valence-corrected chi connectivity index (χ3v) is 5.17. The van der Waals surface area contributed by atoms with Crippen LogP contribution in [0.5, 0.6) is 0 Å². The summed E-state index contributed by atoms with van der Waals surface area (Å²) >= 11 is 1.58. The van der Waals surface area contributed by atoms with Crippen LogP contribution >= 0.6 is 11.3 Å². The Morgan fingerprint density at radius 2 is 2.27 bits per heavy atom. The fourth-order valence-electron chi connectivity index (χ4n) is 2.92. The van der Waals surface area contributed by atoms with E-state index in [1.807, 2.05) is 23.1 Å². The summed E-state index contributed by atoms with van der Waals surface area (Å²) in [7, 11) is 0. The van der Waals surface area contributed by atoms with Crippen LogP contribution in [0.15, 0.2) is 23.7 Å². The van der Waals surface area contributed by atoms with Crippen LogP contribution in [-0.2, 0) is 9.59 Å². The second kappa shape index (κ2) is 5.35. The number of rotatable bonds is 4. The van der Waals surface area contributed by atoms with Crippen molar-refractivity contribution in [1.29, 1.82) is 0 Å². The maximum absolute atomic E-state index is 12.4. The Bertz CT molecular complexity index is 738. The average Bonchev–Trinajstić information content (AvgIpc) is 3.06. The van der Waals surface area contributed by atoms with Crippen LogP contribution in [0.1, 0.15) is 19.3 Å². The zero-order valence-electron chi connectivity index (χ0n) is 12.1. The summed E-state index contributed by atoms with van der Waals surface area (Å²) in [6.07, 6.45) is 2.76. The van der Waals surface area contributed by atoms with Gasteiger partial charge in [0.2, 0.25) is 11.8 Å². The SMILES string of the molecule is O=C(Nc1ccc2scnc2c1)[C@H]1CC(=O)N(CC2CC2)C1. The van der Waals surface area contributed by atoms with Crippen molar-refractivity contribution in [2.24, 2.45) is 11.8 Å². The van der Waals surface area contributed by atoms with Gasteiger partial charge in [0.25, 0.3) is 0 Å². The first-order valence-corrected chi connectivity index (χ1v) is 8.49. The quantitative estimate of drug-likeness (QED) is 0.943.